The lowest BCUT2D eigenvalue weighted by atomic mass is 9.91. The van der Waals surface area contributed by atoms with Crippen LogP contribution < -0.4 is 15.9 Å². The number of hydrogen-bond donors (Lipinski definition) is 2. The van der Waals surface area contributed by atoms with Crippen molar-refractivity contribution in [2.24, 2.45) is 5.73 Å². The van der Waals surface area contributed by atoms with Crippen molar-refractivity contribution in [1.82, 2.24) is 14.2 Å². The van der Waals surface area contributed by atoms with Crippen molar-refractivity contribution in [3.8, 4) is 11.5 Å². The van der Waals surface area contributed by atoms with Gasteiger partial charge in [-0.1, -0.05) is 48.6 Å². The number of sulfonamides is 1. The van der Waals surface area contributed by atoms with Crippen molar-refractivity contribution >= 4 is 46.2 Å². The Labute approximate surface area is 253 Å². The minimum absolute atomic E-state index is 0.0836. The number of amides is 3. The van der Waals surface area contributed by atoms with Crippen molar-refractivity contribution in [3.05, 3.63) is 83.6 Å². The van der Waals surface area contributed by atoms with Gasteiger partial charge in [-0.05, 0) is 80.8 Å². The molecule has 0 saturated carbocycles. The van der Waals surface area contributed by atoms with Crippen LogP contribution in [0.5, 0.6) is 11.5 Å². The van der Waals surface area contributed by atoms with Crippen molar-refractivity contribution in [2.75, 3.05) is 13.1 Å². The first-order valence-corrected chi connectivity index (χ1v) is 16.0. The number of aromatic nitrogens is 1. The van der Waals surface area contributed by atoms with Crippen LogP contribution in [0, 0.1) is 13.8 Å². The van der Waals surface area contributed by atoms with Gasteiger partial charge in [-0.25, -0.2) is 17.5 Å². The molecule has 1 aliphatic heterocycles. The lowest BCUT2D eigenvalue weighted by Gasteiger charge is -2.26. The zero-order valence-electron chi connectivity index (χ0n) is 25.0. The molecule has 11 heteroatoms. The van der Waals surface area contributed by atoms with Crippen molar-refractivity contribution in [2.45, 2.75) is 56.9 Å². The van der Waals surface area contributed by atoms with E-state index in [0.29, 0.717) is 30.0 Å². The van der Waals surface area contributed by atoms with Crippen molar-refractivity contribution in [1.29, 1.82) is 0 Å². The van der Waals surface area contributed by atoms with E-state index in [1.807, 2.05) is 57.2 Å². The Balaban J connectivity index is 1.50. The second-order valence-electron chi connectivity index (χ2n) is 11.2. The number of nitrogens with one attached hydrogen (secondary N) is 1. The molecule has 0 radical (unpaired) electrons. The number of imide groups is 1. The van der Waals surface area contributed by atoms with E-state index >= 15 is 0 Å². The highest BCUT2D eigenvalue weighted by molar-refractivity contribution is 7.89. The van der Waals surface area contributed by atoms with Gasteiger partial charge in [-0.2, -0.15) is 0 Å². The second kappa shape index (κ2) is 12.3. The number of nitrogens with two attached hydrogens (primary N) is 1. The molecule has 2 heterocycles. The third kappa shape index (κ3) is 5.79. The highest BCUT2D eigenvalue weighted by atomic mass is 32.2. The van der Waals surface area contributed by atoms with Gasteiger partial charge in [0.15, 0.2) is 0 Å². The summed E-state index contributed by atoms with van der Waals surface area (Å²) in [6, 6.07) is 15.8. The summed E-state index contributed by atoms with van der Waals surface area (Å²) in [5.41, 5.74) is 10.0. The van der Waals surface area contributed by atoms with Gasteiger partial charge in [0.2, 0.25) is 0 Å². The van der Waals surface area contributed by atoms with E-state index in [9.17, 15) is 18.0 Å². The number of carbonyl (C=O) groups is 2. The zero-order chi connectivity index (χ0) is 30.9. The van der Waals surface area contributed by atoms with Gasteiger partial charge < -0.3 is 15.5 Å². The molecule has 224 valence electrons. The second-order valence-corrected chi connectivity index (χ2v) is 13.0. The zero-order valence-corrected chi connectivity index (χ0v) is 25.8. The van der Waals surface area contributed by atoms with Crippen molar-refractivity contribution in [3.63, 3.8) is 0 Å². The molecule has 1 aliphatic rings. The van der Waals surface area contributed by atoms with Gasteiger partial charge in [0.05, 0.1) is 4.90 Å². The van der Waals surface area contributed by atoms with E-state index in [0.717, 1.165) is 49.5 Å². The fourth-order valence-corrected chi connectivity index (χ4v) is 7.28. The molecule has 9 nitrogen and oxygen atoms in total. The standard InChI is InChI=1S/C32H37BN4O5S/c1-20-11-12-23(18-27(20)33)42-29-14-13-24(17-21(29)2)43(40,41)37-30(31(38)36(32(37)39)16-8-4-7-15-34)22(3)26-19-35-28-10-6-5-9-25(26)28/h5-6,9-14,17-19,22,30,35H,4,7-8,15-16,33-34H2,1-3H3. The summed E-state index contributed by atoms with van der Waals surface area (Å²) in [4.78, 5) is 31.8. The molecule has 4 aromatic rings. The summed E-state index contributed by atoms with van der Waals surface area (Å²) in [5.74, 6) is 0.00621. The van der Waals surface area contributed by atoms with Crippen LogP contribution in [0.15, 0.2) is 71.8 Å². The van der Waals surface area contributed by atoms with Gasteiger partial charge >= 0.3 is 6.03 Å². The molecular weight excluding hydrogens is 563 g/mol. The minimum Gasteiger partial charge on any atom is -0.457 e. The maximum absolute atomic E-state index is 14.2. The maximum Gasteiger partial charge on any atom is 0.341 e. The predicted molar refractivity (Wildman–Crippen MR) is 170 cm³/mol. The smallest absolute Gasteiger partial charge is 0.341 e. The number of nitrogens with zero attached hydrogens (tertiary/aromatic N) is 2. The average Bonchev–Trinajstić information content (AvgIpc) is 3.52. The Morgan fingerprint density at radius 1 is 1.00 bits per heavy atom. The Morgan fingerprint density at radius 3 is 2.49 bits per heavy atom. The number of ether oxygens (including phenoxy) is 1. The van der Waals surface area contributed by atoms with Gasteiger partial charge in [0, 0.05) is 29.6 Å². The molecule has 3 N–H and O–H groups in total. The van der Waals surface area contributed by atoms with E-state index in [4.69, 9.17) is 10.5 Å². The monoisotopic (exact) mass is 600 g/mol. The van der Waals surface area contributed by atoms with Crippen molar-refractivity contribution < 1.29 is 22.7 Å². The molecule has 2 atom stereocenters. The third-order valence-corrected chi connectivity index (χ3v) is 10.0. The van der Waals surface area contributed by atoms with Crippen LogP contribution >= 0.6 is 0 Å². The molecule has 1 aromatic heterocycles. The number of unbranched alkanes of at least 4 members (excludes halogenated alkanes) is 2. The average molecular weight is 601 g/mol. The topological polar surface area (TPSA) is 126 Å². The van der Waals surface area contributed by atoms with E-state index in [1.54, 1.807) is 26.1 Å². The fraction of sp³-hybridized carbons (Fsp3) is 0.312. The number of rotatable bonds is 11. The molecule has 3 amide bonds. The minimum atomic E-state index is -4.42. The van der Waals surface area contributed by atoms with Gasteiger partial charge in [-0.15, -0.1) is 0 Å². The fourth-order valence-electron chi connectivity index (χ4n) is 5.61. The third-order valence-electron chi connectivity index (χ3n) is 8.27. The van der Waals surface area contributed by atoms with Crippen LogP contribution in [-0.4, -0.2) is 61.5 Å². The number of aryl methyl sites for hydroxylation is 2. The van der Waals surface area contributed by atoms with E-state index in [-0.39, 0.29) is 11.4 Å². The number of carbonyl (C=O) groups excluding carboxylic acids is 2. The van der Waals surface area contributed by atoms with Crippen LogP contribution in [0.25, 0.3) is 10.9 Å². The van der Waals surface area contributed by atoms with Crippen LogP contribution in [0.1, 0.15) is 48.8 Å². The first-order valence-electron chi connectivity index (χ1n) is 14.6. The number of urea groups is 1. The van der Waals surface area contributed by atoms with Gasteiger partial charge in [0.25, 0.3) is 15.9 Å². The van der Waals surface area contributed by atoms with Gasteiger partial charge in [0.1, 0.15) is 25.4 Å². The normalized spacial score (nSPS) is 16.3. The predicted octanol–water partition coefficient (Wildman–Crippen LogP) is 4.09. The highest BCUT2D eigenvalue weighted by Crippen LogP contribution is 2.38. The summed E-state index contributed by atoms with van der Waals surface area (Å²) < 4.78 is 35.3. The maximum atomic E-state index is 14.2. The van der Waals surface area contributed by atoms with E-state index < -0.39 is 33.9 Å². The SMILES string of the molecule is Bc1cc(Oc2ccc(S(=O)(=O)N3C(=O)N(CCCCCN)C(=O)C3C(C)c3c[nH]c4ccccc34)cc2C)ccc1C. The van der Waals surface area contributed by atoms with Crippen LogP contribution in [-0.2, 0) is 14.8 Å². The molecule has 1 fully saturated rings. The van der Waals surface area contributed by atoms with E-state index in [1.165, 1.54) is 12.1 Å². The Hall–Kier alpha value is -4.09. The molecule has 0 bridgehead atoms. The molecular formula is C32H37BN4O5S. The summed E-state index contributed by atoms with van der Waals surface area (Å²) in [6.45, 7) is 6.19. The van der Waals surface area contributed by atoms with Crippen LogP contribution in [0.4, 0.5) is 4.79 Å². The molecule has 1 saturated heterocycles. The summed E-state index contributed by atoms with van der Waals surface area (Å²) >= 11 is 0. The first kappa shape index (κ1) is 30.4. The lowest BCUT2D eigenvalue weighted by molar-refractivity contribution is -0.128. The molecule has 43 heavy (non-hydrogen) atoms. The molecule has 3 aromatic carbocycles. The number of H-pyrrole nitrogens is 1. The van der Waals surface area contributed by atoms with Crippen LogP contribution in [0.2, 0.25) is 0 Å². The number of para-hydroxylation sites is 1. The lowest BCUT2D eigenvalue weighted by Crippen LogP contribution is -2.43. The Bertz CT molecular complexity index is 1790. The molecule has 0 aliphatic carbocycles. The van der Waals surface area contributed by atoms with E-state index in [2.05, 4.69) is 4.98 Å². The number of fused-ring (bicyclic) bond motifs is 1. The largest absolute Gasteiger partial charge is 0.457 e. The summed E-state index contributed by atoms with van der Waals surface area (Å²) in [6.07, 6.45) is 3.80. The summed E-state index contributed by atoms with van der Waals surface area (Å²) in [5, 5.41) is 0.873. The Kier molecular flexibility index (Phi) is 8.66. The molecule has 5 rings (SSSR count). The first-order chi connectivity index (χ1) is 20.5. The molecule has 0 spiro atoms. The van der Waals surface area contributed by atoms with Crippen LogP contribution in [0.3, 0.4) is 0 Å². The quantitative estimate of drug-likeness (QED) is 0.152. The number of aromatic amines is 1. The molecule has 2 unspecified atom stereocenters. The van der Waals surface area contributed by atoms with Gasteiger partial charge in [-0.3, -0.25) is 9.69 Å². The Morgan fingerprint density at radius 2 is 1.77 bits per heavy atom. The number of benzene rings is 3. The summed E-state index contributed by atoms with van der Waals surface area (Å²) in [7, 11) is -2.42. The number of hydrogen-bond acceptors (Lipinski definition) is 6. The highest BCUT2D eigenvalue weighted by Gasteiger charge is 2.53.